The minimum Gasteiger partial charge on any atom is -0.478 e. The van der Waals surface area contributed by atoms with E-state index in [1.54, 1.807) is 53.4 Å². The third kappa shape index (κ3) is 8.20. The van der Waals surface area contributed by atoms with E-state index in [9.17, 15) is 23.1 Å². The van der Waals surface area contributed by atoms with Crippen LogP contribution in [-0.4, -0.2) is 42.6 Å². The Kier molecular flexibility index (Phi) is 9.32. The molecule has 4 rings (SSSR count). The topological polar surface area (TPSA) is 110 Å². The van der Waals surface area contributed by atoms with Gasteiger partial charge in [0.05, 0.1) is 15.4 Å². The van der Waals surface area contributed by atoms with Crippen LogP contribution in [0.4, 0.5) is 4.79 Å². The van der Waals surface area contributed by atoms with Gasteiger partial charge in [0.15, 0.2) is 0 Å². The molecule has 0 aliphatic carbocycles. The van der Waals surface area contributed by atoms with E-state index >= 15 is 0 Å². The molecule has 4 aromatic carbocycles. The van der Waals surface area contributed by atoms with Crippen molar-refractivity contribution in [3.05, 3.63) is 120 Å². The normalized spacial score (nSPS) is 11.5. The van der Waals surface area contributed by atoms with Crippen molar-refractivity contribution in [2.75, 3.05) is 6.54 Å². The number of carbonyl (C=O) groups is 2. The summed E-state index contributed by atoms with van der Waals surface area (Å²) in [5, 5.41) is 9.20. The molecule has 4 aromatic rings. The van der Waals surface area contributed by atoms with Crippen LogP contribution >= 0.6 is 0 Å². The van der Waals surface area contributed by atoms with Crippen molar-refractivity contribution in [2.45, 2.75) is 49.1 Å². The molecule has 0 saturated heterocycles. The van der Waals surface area contributed by atoms with Crippen molar-refractivity contribution in [3.63, 3.8) is 0 Å². The standard InChI is InChI=1S/C33H33NO7S/c1-33(2,3)41-32(37)34(23-25-9-5-4-6-10-25)20-19-24-15-17-29(18-16-24)42(38,39)30-14-8-13-28(22-30)40-27-12-7-11-26(21-27)31(35)36/h4-18,21-22H,19-20,23H2,1-3H3,(H,35,36). The number of aromatic carboxylic acids is 1. The molecule has 0 radical (unpaired) electrons. The lowest BCUT2D eigenvalue weighted by atomic mass is 10.1. The molecule has 0 saturated carbocycles. The number of amides is 1. The van der Waals surface area contributed by atoms with Gasteiger partial charge in [0.1, 0.15) is 17.1 Å². The highest BCUT2D eigenvalue weighted by Crippen LogP contribution is 2.28. The quantitative estimate of drug-likeness (QED) is 0.213. The maximum absolute atomic E-state index is 13.4. The van der Waals surface area contributed by atoms with E-state index in [2.05, 4.69) is 0 Å². The zero-order chi connectivity index (χ0) is 30.3. The Bertz CT molecular complexity index is 1640. The van der Waals surface area contributed by atoms with Crippen molar-refractivity contribution < 1.29 is 32.6 Å². The first-order chi connectivity index (χ1) is 19.9. The number of carboxylic acid groups (broad SMARTS) is 1. The molecule has 0 spiro atoms. The molecule has 42 heavy (non-hydrogen) atoms. The lowest BCUT2D eigenvalue weighted by Crippen LogP contribution is -2.37. The Hall–Kier alpha value is -4.63. The number of carboxylic acids is 1. The minimum atomic E-state index is -3.86. The fourth-order valence-corrected chi connectivity index (χ4v) is 5.43. The molecule has 0 aliphatic rings. The molecule has 0 fully saturated rings. The van der Waals surface area contributed by atoms with Gasteiger partial charge in [-0.05, 0) is 86.8 Å². The molecule has 1 amide bonds. The fraction of sp³-hybridized carbons (Fsp3) is 0.212. The predicted molar refractivity (Wildman–Crippen MR) is 159 cm³/mol. The monoisotopic (exact) mass is 587 g/mol. The first-order valence-electron chi connectivity index (χ1n) is 13.4. The Morgan fingerprint density at radius 1 is 0.762 bits per heavy atom. The smallest absolute Gasteiger partial charge is 0.410 e. The van der Waals surface area contributed by atoms with Crippen LogP contribution in [0.5, 0.6) is 11.5 Å². The van der Waals surface area contributed by atoms with Gasteiger partial charge in [-0.1, -0.05) is 54.6 Å². The van der Waals surface area contributed by atoms with Crippen molar-refractivity contribution in [1.82, 2.24) is 4.90 Å². The van der Waals surface area contributed by atoms with Gasteiger partial charge in [0.25, 0.3) is 0 Å². The van der Waals surface area contributed by atoms with Gasteiger partial charge in [-0.15, -0.1) is 0 Å². The molecule has 0 bridgehead atoms. The van der Waals surface area contributed by atoms with Gasteiger partial charge >= 0.3 is 12.1 Å². The average Bonchev–Trinajstić information content (AvgIpc) is 2.95. The van der Waals surface area contributed by atoms with E-state index in [1.165, 1.54) is 24.3 Å². The van der Waals surface area contributed by atoms with Crippen molar-refractivity contribution in [2.24, 2.45) is 0 Å². The summed E-state index contributed by atoms with van der Waals surface area (Å²) >= 11 is 0. The maximum Gasteiger partial charge on any atom is 0.410 e. The van der Waals surface area contributed by atoms with Crippen LogP contribution < -0.4 is 4.74 Å². The van der Waals surface area contributed by atoms with Crippen LogP contribution in [0.3, 0.4) is 0 Å². The van der Waals surface area contributed by atoms with E-state index in [-0.39, 0.29) is 26.9 Å². The average molecular weight is 588 g/mol. The Labute approximate surface area is 246 Å². The first kappa shape index (κ1) is 30.3. The lowest BCUT2D eigenvalue weighted by molar-refractivity contribution is 0.0235. The van der Waals surface area contributed by atoms with E-state index in [0.717, 1.165) is 11.1 Å². The molecule has 0 atom stereocenters. The molecule has 0 heterocycles. The van der Waals surface area contributed by atoms with E-state index in [4.69, 9.17) is 9.47 Å². The number of nitrogens with zero attached hydrogens (tertiary/aromatic N) is 1. The van der Waals surface area contributed by atoms with Crippen LogP contribution in [-0.2, 0) is 27.5 Å². The van der Waals surface area contributed by atoms with E-state index in [0.29, 0.717) is 19.5 Å². The number of hydrogen-bond acceptors (Lipinski definition) is 6. The molecule has 8 nitrogen and oxygen atoms in total. The second kappa shape index (κ2) is 12.9. The first-order valence-corrected chi connectivity index (χ1v) is 14.9. The molecule has 0 unspecified atom stereocenters. The van der Waals surface area contributed by atoms with Crippen LogP contribution in [0, 0.1) is 0 Å². The highest BCUT2D eigenvalue weighted by molar-refractivity contribution is 7.91. The van der Waals surface area contributed by atoms with Gasteiger partial charge < -0.3 is 19.5 Å². The van der Waals surface area contributed by atoms with Crippen LogP contribution in [0.15, 0.2) is 113 Å². The fourth-order valence-electron chi connectivity index (χ4n) is 4.13. The zero-order valence-corrected chi connectivity index (χ0v) is 24.5. The summed E-state index contributed by atoms with van der Waals surface area (Å²) in [5.41, 5.74) is 1.27. The summed E-state index contributed by atoms with van der Waals surface area (Å²) in [4.78, 5) is 25.9. The number of rotatable bonds is 10. The Morgan fingerprint density at radius 2 is 1.40 bits per heavy atom. The van der Waals surface area contributed by atoms with Crippen LogP contribution in [0.1, 0.15) is 42.3 Å². The third-order valence-electron chi connectivity index (χ3n) is 6.20. The van der Waals surface area contributed by atoms with Gasteiger partial charge in [0, 0.05) is 13.1 Å². The Morgan fingerprint density at radius 3 is 2.05 bits per heavy atom. The van der Waals surface area contributed by atoms with Crippen LogP contribution in [0.25, 0.3) is 0 Å². The predicted octanol–water partition coefficient (Wildman–Crippen LogP) is 6.99. The second-order valence-corrected chi connectivity index (χ2v) is 12.6. The lowest BCUT2D eigenvalue weighted by Gasteiger charge is -2.27. The summed E-state index contributed by atoms with van der Waals surface area (Å²) in [6.45, 7) is 6.25. The van der Waals surface area contributed by atoms with E-state index in [1.807, 2.05) is 51.1 Å². The molecule has 0 aromatic heterocycles. The molecule has 1 N–H and O–H groups in total. The van der Waals surface area contributed by atoms with E-state index < -0.39 is 27.5 Å². The summed E-state index contributed by atoms with van der Waals surface area (Å²) < 4.78 is 38.1. The van der Waals surface area contributed by atoms with Gasteiger partial charge in [0.2, 0.25) is 9.84 Å². The minimum absolute atomic E-state index is 0.0427. The SMILES string of the molecule is CC(C)(C)OC(=O)N(CCc1ccc(S(=O)(=O)c2cccc(Oc3cccc(C(=O)O)c3)c2)cc1)Cc1ccccc1. The second-order valence-electron chi connectivity index (χ2n) is 10.7. The number of sulfone groups is 1. The summed E-state index contributed by atoms with van der Waals surface area (Å²) in [5.74, 6) is -0.550. The van der Waals surface area contributed by atoms with Gasteiger partial charge in [-0.3, -0.25) is 0 Å². The zero-order valence-electron chi connectivity index (χ0n) is 23.7. The largest absolute Gasteiger partial charge is 0.478 e. The summed E-state index contributed by atoms with van der Waals surface area (Å²) in [6.07, 6.45) is 0.0906. The maximum atomic E-state index is 13.4. The number of carbonyl (C=O) groups excluding carboxylic acids is 1. The number of ether oxygens (including phenoxy) is 2. The number of hydrogen-bond donors (Lipinski definition) is 1. The molecular weight excluding hydrogens is 554 g/mol. The summed E-state index contributed by atoms with van der Waals surface area (Å²) in [6, 6.07) is 28.2. The molecule has 0 aliphatic heterocycles. The molecule has 9 heteroatoms. The summed E-state index contributed by atoms with van der Waals surface area (Å²) in [7, 11) is -3.86. The van der Waals surface area contributed by atoms with Crippen molar-refractivity contribution in [3.8, 4) is 11.5 Å². The Balaban J connectivity index is 1.46. The molecular formula is C33H33NO7S. The molecule has 218 valence electrons. The highest BCUT2D eigenvalue weighted by Gasteiger charge is 2.23. The number of benzene rings is 4. The van der Waals surface area contributed by atoms with Crippen molar-refractivity contribution >= 4 is 21.9 Å². The van der Waals surface area contributed by atoms with Gasteiger partial charge in [-0.2, -0.15) is 0 Å². The van der Waals surface area contributed by atoms with Crippen molar-refractivity contribution in [1.29, 1.82) is 0 Å². The van der Waals surface area contributed by atoms with Gasteiger partial charge in [-0.25, -0.2) is 18.0 Å². The highest BCUT2D eigenvalue weighted by atomic mass is 32.2. The van der Waals surface area contributed by atoms with Crippen LogP contribution in [0.2, 0.25) is 0 Å². The third-order valence-corrected chi connectivity index (χ3v) is 7.97.